The first-order valence-electron chi connectivity index (χ1n) is 7.84. The van der Waals surface area contributed by atoms with Crippen molar-refractivity contribution < 1.29 is 4.79 Å². The lowest BCUT2D eigenvalue weighted by Crippen LogP contribution is -2.23. The zero-order valence-electron chi connectivity index (χ0n) is 12.4. The summed E-state index contributed by atoms with van der Waals surface area (Å²) < 4.78 is 0. The van der Waals surface area contributed by atoms with Crippen LogP contribution in [0.4, 0.5) is 5.69 Å². The lowest BCUT2D eigenvalue weighted by molar-refractivity contribution is -0.119. The molecule has 1 fully saturated rings. The molecule has 3 N–H and O–H groups in total. The molecule has 0 aliphatic heterocycles. The third-order valence-corrected chi connectivity index (χ3v) is 4.13. The van der Waals surface area contributed by atoms with Crippen molar-refractivity contribution in [2.24, 2.45) is 11.7 Å². The first-order chi connectivity index (χ1) is 9.69. The van der Waals surface area contributed by atoms with Crippen molar-refractivity contribution in [1.29, 1.82) is 0 Å². The summed E-state index contributed by atoms with van der Waals surface area (Å²) in [6, 6.07) is 8.45. The van der Waals surface area contributed by atoms with Crippen molar-refractivity contribution in [1.82, 2.24) is 0 Å². The minimum Gasteiger partial charge on any atom is -0.328 e. The summed E-state index contributed by atoms with van der Waals surface area (Å²) in [5.41, 5.74) is 8.10. The molecule has 1 aliphatic rings. The zero-order valence-corrected chi connectivity index (χ0v) is 12.4. The van der Waals surface area contributed by atoms with Gasteiger partial charge in [0.2, 0.25) is 5.91 Å². The van der Waals surface area contributed by atoms with Gasteiger partial charge in [0.25, 0.3) is 0 Å². The van der Waals surface area contributed by atoms with Gasteiger partial charge in [-0.2, -0.15) is 0 Å². The number of hydrogen-bond acceptors (Lipinski definition) is 2. The van der Waals surface area contributed by atoms with Crippen LogP contribution < -0.4 is 11.1 Å². The maximum absolute atomic E-state index is 12.1. The van der Waals surface area contributed by atoms with E-state index in [1.165, 1.54) is 24.8 Å². The van der Waals surface area contributed by atoms with Crippen LogP contribution in [-0.4, -0.2) is 11.9 Å². The van der Waals surface area contributed by atoms with Gasteiger partial charge in [-0.1, -0.05) is 31.9 Å². The summed E-state index contributed by atoms with van der Waals surface area (Å²) in [5.74, 6) is 0.214. The number of amides is 1. The van der Waals surface area contributed by atoms with Crippen LogP contribution in [0.5, 0.6) is 0 Å². The zero-order chi connectivity index (χ0) is 14.4. The molecule has 110 valence electrons. The summed E-state index contributed by atoms with van der Waals surface area (Å²) in [4.78, 5) is 12.1. The molecule has 1 aromatic rings. The van der Waals surface area contributed by atoms with Crippen LogP contribution in [0.25, 0.3) is 0 Å². The Hall–Kier alpha value is -1.35. The number of aryl methyl sites for hydroxylation is 1. The van der Waals surface area contributed by atoms with E-state index < -0.39 is 0 Å². The summed E-state index contributed by atoms with van der Waals surface area (Å²) in [7, 11) is 0. The maximum atomic E-state index is 12.1. The number of benzene rings is 1. The van der Waals surface area contributed by atoms with Gasteiger partial charge < -0.3 is 11.1 Å². The van der Waals surface area contributed by atoms with Gasteiger partial charge in [-0.3, -0.25) is 4.79 Å². The predicted molar refractivity (Wildman–Crippen MR) is 83.6 cm³/mol. The highest BCUT2D eigenvalue weighted by Crippen LogP contribution is 2.25. The molecule has 1 amide bonds. The van der Waals surface area contributed by atoms with Crippen molar-refractivity contribution in [3.63, 3.8) is 0 Å². The molecular formula is C17H26N2O. The Bertz CT molecular complexity index is 427. The van der Waals surface area contributed by atoms with Gasteiger partial charge >= 0.3 is 0 Å². The average molecular weight is 274 g/mol. The van der Waals surface area contributed by atoms with Gasteiger partial charge in [-0.15, -0.1) is 0 Å². The fourth-order valence-corrected chi connectivity index (χ4v) is 2.83. The fourth-order valence-electron chi connectivity index (χ4n) is 2.83. The van der Waals surface area contributed by atoms with Crippen LogP contribution in [0.1, 0.15) is 51.0 Å². The monoisotopic (exact) mass is 274 g/mol. The van der Waals surface area contributed by atoms with E-state index in [9.17, 15) is 4.79 Å². The largest absolute Gasteiger partial charge is 0.328 e. The van der Waals surface area contributed by atoms with E-state index in [1.807, 2.05) is 12.1 Å². The first kappa shape index (κ1) is 15.0. The normalized spacial score (nSPS) is 21.9. The highest BCUT2D eigenvalue weighted by Gasteiger charge is 2.27. The van der Waals surface area contributed by atoms with Crippen molar-refractivity contribution >= 4 is 11.6 Å². The van der Waals surface area contributed by atoms with Gasteiger partial charge in [-0.25, -0.2) is 0 Å². The molecule has 0 radical (unpaired) electrons. The van der Waals surface area contributed by atoms with Crippen LogP contribution >= 0.6 is 0 Å². The summed E-state index contributed by atoms with van der Waals surface area (Å²) in [6.07, 6.45) is 7.59. The second kappa shape index (κ2) is 7.44. The first-order valence-corrected chi connectivity index (χ1v) is 7.84. The number of rotatable bonds is 6. The number of nitrogens with two attached hydrogens (primary N) is 1. The Balaban J connectivity index is 1.82. The van der Waals surface area contributed by atoms with Crippen LogP contribution in [0.2, 0.25) is 0 Å². The van der Waals surface area contributed by atoms with Crippen molar-refractivity contribution in [3.05, 3.63) is 29.8 Å². The molecule has 0 heterocycles. The summed E-state index contributed by atoms with van der Waals surface area (Å²) in [6.45, 7) is 2.22. The molecule has 3 heteroatoms. The van der Waals surface area contributed by atoms with Crippen LogP contribution in [0.3, 0.4) is 0 Å². The molecule has 0 spiro atoms. The molecular weight excluding hydrogens is 248 g/mol. The highest BCUT2D eigenvalue weighted by molar-refractivity contribution is 5.92. The predicted octanol–water partition coefficient (Wildman–Crippen LogP) is 3.49. The average Bonchev–Trinajstić information content (AvgIpc) is 2.88. The topological polar surface area (TPSA) is 55.1 Å². The Kier molecular flexibility index (Phi) is 5.60. The minimum absolute atomic E-state index is 0.0919. The number of anilines is 1. The van der Waals surface area contributed by atoms with E-state index in [-0.39, 0.29) is 17.9 Å². The highest BCUT2D eigenvalue weighted by atomic mass is 16.1. The smallest absolute Gasteiger partial charge is 0.227 e. The van der Waals surface area contributed by atoms with Crippen LogP contribution in [0.15, 0.2) is 24.3 Å². The molecule has 3 nitrogen and oxygen atoms in total. The number of hydrogen-bond donors (Lipinski definition) is 2. The van der Waals surface area contributed by atoms with Crippen molar-refractivity contribution in [2.45, 2.75) is 57.9 Å². The SMILES string of the molecule is CCCCCc1ccc(NC(=O)C2CCC(N)C2)cc1. The van der Waals surface area contributed by atoms with Gasteiger partial charge in [0.05, 0.1) is 0 Å². The fraction of sp³-hybridized carbons (Fsp3) is 0.588. The quantitative estimate of drug-likeness (QED) is 0.780. The number of nitrogens with one attached hydrogen (secondary N) is 1. The van der Waals surface area contributed by atoms with Gasteiger partial charge in [0, 0.05) is 17.6 Å². The molecule has 0 bridgehead atoms. The minimum atomic E-state index is 0.0919. The molecule has 1 aromatic carbocycles. The molecule has 2 unspecified atom stereocenters. The summed E-state index contributed by atoms with van der Waals surface area (Å²) >= 11 is 0. The van der Waals surface area contributed by atoms with Gasteiger partial charge in [-0.05, 0) is 49.8 Å². The Labute approximate surface area is 121 Å². The molecule has 2 rings (SSSR count). The van der Waals surface area contributed by atoms with Gasteiger partial charge in [0.1, 0.15) is 0 Å². The van der Waals surface area contributed by atoms with Crippen LogP contribution in [0, 0.1) is 5.92 Å². The number of carbonyl (C=O) groups is 1. The number of carbonyl (C=O) groups excluding carboxylic acids is 1. The van der Waals surface area contributed by atoms with E-state index in [0.29, 0.717) is 0 Å². The standard InChI is InChI=1S/C17H26N2O/c1-2-3-4-5-13-6-10-16(11-7-13)19-17(20)14-8-9-15(18)12-14/h6-7,10-11,14-15H,2-5,8-9,12,18H2,1H3,(H,19,20). The van der Waals surface area contributed by atoms with Crippen molar-refractivity contribution in [3.8, 4) is 0 Å². The molecule has 1 saturated carbocycles. The third-order valence-electron chi connectivity index (χ3n) is 4.13. The van der Waals surface area contributed by atoms with E-state index in [2.05, 4.69) is 24.4 Å². The van der Waals surface area contributed by atoms with E-state index in [0.717, 1.165) is 31.4 Å². The molecule has 1 aliphatic carbocycles. The lowest BCUT2D eigenvalue weighted by atomic mass is 10.1. The second-order valence-corrected chi connectivity index (χ2v) is 5.91. The van der Waals surface area contributed by atoms with Gasteiger partial charge in [0.15, 0.2) is 0 Å². The molecule has 0 saturated heterocycles. The van der Waals surface area contributed by atoms with E-state index in [1.54, 1.807) is 0 Å². The maximum Gasteiger partial charge on any atom is 0.227 e. The molecule has 2 atom stereocenters. The Morgan fingerprint density at radius 1 is 1.25 bits per heavy atom. The molecule has 0 aromatic heterocycles. The number of unbranched alkanes of at least 4 members (excludes halogenated alkanes) is 2. The lowest BCUT2D eigenvalue weighted by Gasteiger charge is -2.11. The second-order valence-electron chi connectivity index (χ2n) is 5.91. The Morgan fingerprint density at radius 3 is 2.60 bits per heavy atom. The van der Waals surface area contributed by atoms with E-state index >= 15 is 0 Å². The summed E-state index contributed by atoms with van der Waals surface area (Å²) in [5, 5.41) is 3.00. The molecule has 20 heavy (non-hydrogen) atoms. The Morgan fingerprint density at radius 2 is 2.00 bits per heavy atom. The third kappa shape index (κ3) is 4.34. The van der Waals surface area contributed by atoms with Crippen molar-refractivity contribution in [2.75, 3.05) is 5.32 Å². The van der Waals surface area contributed by atoms with E-state index in [4.69, 9.17) is 5.73 Å². The van der Waals surface area contributed by atoms with Crippen LogP contribution in [-0.2, 0) is 11.2 Å².